The van der Waals surface area contributed by atoms with Crippen molar-refractivity contribution in [3.05, 3.63) is 552 Å². The quantitative estimate of drug-likeness (QED) is 0.0596. The summed E-state index contributed by atoms with van der Waals surface area (Å²) in [7, 11) is 0. The van der Waals surface area contributed by atoms with Crippen molar-refractivity contribution in [3.63, 3.8) is 0 Å². The number of benzene rings is 22. The van der Waals surface area contributed by atoms with Gasteiger partial charge in [-0.3, -0.25) is 0 Å². The van der Waals surface area contributed by atoms with Gasteiger partial charge in [-0.05, 0) is 297 Å². The second-order valence-corrected chi connectivity index (χ2v) is 42.7. The Labute approximate surface area is 885 Å². The zero-order valence-corrected chi connectivity index (χ0v) is 85.2. The van der Waals surface area contributed by atoms with Crippen LogP contribution in [0.5, 0.6) is 0 Å². The Morgan fingerprint density at radius 3 is 0.839 bits per heavy atom. The summed E-state index contributed by atoms with van der Waals surface area (Å²) in [5, 5.41) is 16.0. The molecule has 0 unspecified atom stereocenters. The van der Waals surface area contributed by atoms with Crippen molar-refractivity contribution in [2.75, 3.05) is 29.4 Å². The summed E-state index contributed by atoms with van der Waals surface area (Å²) >= 11 is 9.22. The Morgan fingerprint density at radius 2 is 0.436 bits per heavy atom. The number of para-hydroxylation sites is 3. The van der Waals surface area contributed by atoms with Gasteiger partial charge in [0.2, 0.25) is 0 Å². The zero-order chi connectivity index (χ0) is 99.4. The molecule has 706 valence electrons. The fourth-order valence-electron chi connectivity index (χ4n) is 21.0. The smallest absolute Gasteiger partial charge is 0.101 e. The van der Waals surface area contributed by atoms with Crippen LogP contribution in [0, 0.1) is 0 Å². The predicted octanol–water partition coefficient (Wildman–Crippen LogP) is 43.0. The molecule has 11 heteroatoms. The van der Waals surface area contributed by atoms with Crippen LogP contribution < -0.4 is 29.4 Å². The fourth-order valence-corrected chi connectivity index (χ4v) is 26.6. The third kappa shape index (κ3) is 17.5. The summed E-state index contributed by atoms with van der Waals surface area (Å²) in [5.74, 6) is 0. The number of rotatable bonds is 24. The molecule has 0 bridgehead atoms. The maximum absolute atomic E-state index is 4.08. The van der Waals surface area contributed by atoms with E-state index < -0.39 is 0 Å². The molecule has 27 aromatic rings. The number of fused-ring (bicyclic) bond motifs is 15. The molecule has 0 spiro atoms. The van der Waals surface area contributed by atoms with Gasteiger partial charge in [0.05, 0.1) is 5.69 Å². The van der Waals surface area contributed by atoms with Gasteiger partial charge >= 0.3 is 0 Å². The predicted molar refractivity (Wildman–Crippen MR) is 652 cm³/mol. The highest BCUT2D eigenvalue weighted by atomic mass is 32.1. The molecule has 0 aliphatic carbocycles. The number of hydrogen-bond acceptors (Lipinski definition) is 11. The van der Waals surface area contributed by atoms with Crippen molar-refractivity contribution in [2.24, 2.45) is 0 Å². The third-order valence-electron chi connectivity index (χ3n) is 28.3. The van der Waals surface area contributed by atoms with Crippen LogP contribution in [0.25, 0.3) is 153 Å². The minimum Gasteiger partial charge on any atom is -0.310 e. The number of anilines is 18. The molecule has 0 saturated carbocycles. The van der Waals surface area contributed by atoms with Gasteiger partial charge in [0, 0.05) is 182 Å². The van der Waals surface area contributed by atoms with Crippen LogP contribution in [-0.4, -0.2) is 0 Å². The van der Waals surface area contributed by atoms with Crippen LogP contribution in [0.2, 0.25) is 0 Å². The van der Waals surface area contributed by atoms with E-state index in [9.17, 15) is 0 Å². The van der Waals surface area contributed by atoms with Crippen LogP contribution in [0.15, 0.2) is 535 Å². The first-order chi connectivity index (χ1) is 73.7. The monoisotopic (exact) mass is 1990 g/mol. The molecular weight excluding hydrogens is 1900 g/mol. The Bertz CT molecular complexity index is 9710. The molecule has 0 radical (unpaired) electrons. The van der Waals surface area contributed by atoms with Gasteiger partial charge in [-0.25, -0.2) is 0 Å². The largest absolute Gasteiger partial charge is 0.310 e. The Hall–Kier alpha value is -18.0. The van der Waals surface area contributed by atoms with Gasteiger partial charge in [-0.15, -0.1) is 56.7 Å². The van der Waals surface area contributed by atoms with Gasteiger partial charge in [0.15, 0.2) is 0 Å². The second-order valence-electron chi connectivity index (χ2n) is 37.3. The first-order valence-electron chi connectivity index (χ1n) is 50.0. The van der Waals surface area contributed by atoms with E-state index in [1.807, 2.05) is 74.9 Å². The molecule has 0 aliphatic rings. The molecule has 6 nitrogen and oxygen atoms in total. The number of thiophene rings is 5. The van der Waals surface area contributed by atoms with E-state index in [1.165, 1.54) is 135 Å². The number of hydrogen-bond donors (Lipinski definition) is 0. The zero-order valence-electron chi connectivity index (χ0n) is 81.2. The standard InChI is InChI=1S/C72H49N3S3.C66H45N3S2/c1-4-47-20-27-53(28-21-47)73(56-33-26-50-14-10-11-17-52(50)42-56)57-35-38-67-63(43-57)61-37-34-59(45-69(61)76-67)74(54-29-22-48(5-2)23-30-54)58-36-39-68-64(44-58)72-62-19-13-12-18-60(62)65(46-70(72)77-68)75(55-31-24-49(6-3)25-32-55)71-41-40-66(78-71)51-15-8-7-9-16-51;1-6-16-46(17-7-1)48-26-30-53(31-27-48)67(50-20-10-3-11-21-50)55-36-40-63-61(42-55)60-39-35-58(45-66(60)71-63)69(52-24-14-5-15-25-52)56-37-41-64-62(43-56)59-38-34-57(44-65(59)70-64)68(51-22-12-4-13-23-51)54-32-28-49(29-33-54)47-18-8-2-9-19-47/h4-46H,1-3H2;1-45H. The average Bonchev–Trinajstić information content (AvgIpc) is 1.58. The Kier molecular flexibility index (Phi) is 24.1. The van der Waals surface area contributed by atoms with Crippen molar-refractivity contribution in [2.45, 2.75) is 0 Å². The normalized spacial score (nSPS) is 11.4. The highest BCUT2D eigenvalue weighted by Crippen LogP contribution is 2.54. The minimum absolute atomic E-state index is 1.08. The molecule has 0 atom stereocenters. The van der Waals surface area contributed by atoms with Crippen LogP contribution in [0.4, 0.5) is 102 Å². The molecule has 5 aromatic heterocycles. The van der Waals surface area contributed by atoms with Crippen molar-refractivity contribution in [3.8, 4) is 32.7 Å². The Balaban J connectivity index is 0.000000151. The summed E-state index contributed by atoms with van der Waals surface area (Å²) in [6.07, 6.45) is 5.71. The Morgan fingerprint density at radius 1 is 0.154 bits per heavy atom. The summed E-state index contributed by atoms with van der Waals surface area (Å²) in [4.78, 5) is 15.6. The van der Waals surface area contributed by atoms with Crippen LogP contribution in [0.3, 0.4) is 0 Å². The molecule has 0 amide bonds. The van der Waals surface area contributed by atoms with Gasteiger partial charge in [0.1, 0.15) is 5.00 Å². The highest BCUT2D eigenvalue weighted by molar-refractivity contribution is 7.27. The number of nitrogens with zero attached hydrogens (tertiary/aromatic N) is 6. The minimum atomic E-state index is 1.08. The molecule has 27 rings (SSSR count). The molecule has 0 fully saturated rings. The van der Waals surface area contributed by atoms with Crippen LogP contribution in [-0.2, 0) is 0 Å². The second kappa shape index (κ2) is 39.5. The molecule has 149 heavy (non-hydrogen) atoms. The first kappa shape index (κ1) is 90.9. The highest BCUT2D eigenvalue weighted by Gasteiger charge is 2.28. The SMILES string of the molecule is C=Cc1ccc(N(c2ccc3ccccc3c2)c2ccc3sc4cc(N(c5ccc(C=C)cc5)c5ccc6sc7cc(N(c8ccc(C=C)cc8)c8ccc(-c9ccccc9)s8)c8ccccc8c7c6c5)ccc4c3c2)cc1.c1ccc(-c2ccc(N(c3ccccc3)c3ccc4c(c3)sc3ccc(N(c5ccccc5)c5ccc6c(c5)sc5ccc(N(c7ccccc7)c7ccc(-c8ccccc8)cc7)cc56)cc34)cc2)cc1. The van der Waals surface area contributed by atoms with Crippen LogP contribution in [0.1, 0.15) is 16.7 Å². The van der Waals surface area contributed by atoms with E-state index in [2.05, 4.69) is 565 Å². The van der Waals surface area contributed by atoms with E-state index in [-0.39, 0.29) is 0 Å². The lowest BCUT2D eigenvalue weighted by atomic mass is 10.0. The average molecular weight is 2000 g/mol. The lowest BCUT2D eigenvalue weighted by Crippen LogP contribution is -2.10. The summed E-state index contributed by atoms with van der Waals surface area (Å²) in [5.41, 5.74) is 28.2. The van der Waals surface area contributed by atoms with E-state index in [0.717, 1.165) is 118 Å². The maximum atomic E-state index is 4.08. The van der Waals surface area contributed by atoms with Gasteiger partial charge in [-0.2, -0.15) is 0 Å². The maximum Gasteiger partial charge on any atom is 0.101 e. The molecule has 5 heterocycles. The van der Waals surface area contributed by atoms with E-state index >= 15 is 0 Å². The van der Waals surface area contributed by atoms with Crippen molar-refractivity contribution in [1.82, 2.24) is 0 Å². The van der Waals surface area contributed by atoms with Crippen molar-refractivity contribution >= 4 is 279 Å². The molecule has 0 aliphatic heterocycles. The van der Waals surface area contributed by atoms with Crippen LogP contribution >= 0.6 is 56.7 Å². The molecule has 0 saturated heterocycles. The fraction of sp³-hybridized carbons (Fsp3) is 0. The van der Waals surface area contributed by atoms with Crippen molar-refractivity contribution < 1.29 is 0 Å². The lowest BCUT2D eigenvalue weighted by molar-refractivity contribution is 1.29. The van der Waals surface area contributed by atoms with Gasteiger partial charge in [0.25, 0.3) is 0 Å². The lowest BCUT2D eigenvalue weighted by Gasteiger charge is -2.26. The summed E-state index contributed by atoms with van der Waals surface area (Å²) in [6, 6.07) is 188. The van der Waals surface area contributed by atoms with E-state index in [4.69, 9.17) is 0 Å². The third-order valence-corrected chi connectivity index (χ3v) is 34.0. The molecule has 22 aromatic carbocycles. The topological polar surface area (TPSA) is 19.4 Å². The summed E-state index contributed by atoms with van der Waals surface area (Å²) in [6.45, 7) is 12.1. The van der Waals surface area contributed by atoms with Gasteiger partial charge < -0.3 is 29.4 Å². The first-order valence-corrected chi connectivity index (χ1v) is 54.1. The molecular formula is C138H94N6S5. The van der Waals surface area contributed by atoms with Crippen molar-refractivity contribution in [1.29, 1.82) is 0 Å². The van der Waals surface area contributed by atoms with Gasteiger partial charge in [-0.1, -0.05) is 317 Å². The van der Waals surface area contributed by atoms with E-state index in [1.54, 1.807) is 0 Å². The summed E-state index contributed by atoms with van der Waals surface area (Å²) < 4.78 is 9.99. The molecule has 0 N–H and O–H groups in total. The van der Waals surface area contributed by atoms with E-state index in [0.29, 0.717) is 0 Å².